The van der Waals surface area contributed by atoms with E-state index >= 15 is 0 Å². The van der Waals surface area contributed by atoms with Gasteiger partial charge in [-0.2, -0.15) is 0 Å². The third-order valence-electron chi connectivity index (χ3n) is 4.13. The van der Waals surface area contributed by atoms with Crippen molar-refractivity contribution in [1.82, 2.24) is 5.32 Å². The van der Waals surface area contributed by atoms with Crippen LogP contribution in [0.25, 0.3) is 6.08 Å². The third kappa shape index (κ3) is 4.94. The van der Waals surface area contributed by atoms with E-state index in [9.17, 15) is 4.79 Å². The summed E-state index contributed by atoms with van der Waals surface area (Å²) in [5.74, 6) is 2.29. The van der Waals surface area contributed by atoms with Crippen LogP contribution in [0, 0.1) is 0 Å². The van der Waals surface area contributed by atoms with E-state index in [0.29, 0.717) is 28.6 Å². The summed E-state index contributed by atoms with van der Waals surface area (Å²) in [6.07, 6.45) is 3.13. The van der Waals surface area contributed by atoms with Crippen molar-refractivity contribution < 1.29 is 23.7 Å². The van der Waals surface area contributed by atoms with Crippen LogP contribution in [0.2, 0.25) is 0 Å². The first-order valence-electron chi connectivity index (χ1n) is 8.45. The van der Waals surface area contributed by atoms with Gasteiger partial charge < -0.3 is 24.3 Å². The van der Waals surface area contributed by atoms with Crippen LogP contribution < -0.4 is 24.3 Å². The molecule has 0 aliphatic carbocycles. The summed E-state index contributed by atoms with van der Waals surface area (Å²) in [7, 11) is 6.31. The largest absolute Gasteiger partial charge is 0.496 e. The molecule has 27 heavy (non-hydrogen) atoms. The van der Waals surface area contributed by atoms with Gasteiger partial charge in [-0.25, -0.2) is 0 Å². The summed E-state index contributed by atoms with van der Waals surface area (Å²) in [6.45, 7) is 1.90. The molecule has 1 amide bonds. The van der Waals surface area contributed by atoms with Crippen LogP contribution in [-0.2, 0) is 4.79 Å². The first-order chi connectivity index (χ1) is 13.0. The number of nitrogens with one attached hydrogen (secondary N) is 1. The van der Waals surface area contributed by atoms with E-state index in [4.69, 9.17) is 18.9 Å². The SMILES string of the molecule is COc1ccc(C(C)NC(=O)/C=C/c2c(OC)cccc2OC)cc1OC. The zero-order valence-corrected chi connectivity index (χ0v) is 16.2. The monoisotopic (exact) mass is 371 g/mol. The minimum atomic E-state index is -0.231. The van der Waals surface area contributed by atoms with Gasteiger partial charge in [-0.15, -0.1) is 0 Å². The number of amides is 1. The summed E-state index contributed by atoms with van der Waals surface area (Å²) in [5.41, 5.74) is 1.61. The third-order valence-corrected chi connectivity index (χ3v) is 4.13. The van der Waals surface area contributed by atoms with Crippen molar-refractivity contribution in [1.29, 1.82) is 0 Å². The molecule has 2 rings (SSSR count). The second-order valence-corrected chi connectivity index (χ2v) is 5.75. The van der Waals surface area contributed by atoms with E-state index in [1.54, 1.807) is 34.5 Å². The number of carbonyl (C=O) groups excluding carboxylic acids is 1. The lowest BCUT2D eigenvalue weighted by molar-refractivity contribution is -0.117. The molecule has 0 heterocycles. The first-order valence-corrected chi connectivity index (χ1v) is 8.45. The molecule has 0 bridgehead atoms. The maximum atomic E-state index is 12.3. The molecule has 144 valence electrons. The lowest BCUT2D eigenvalue weighted by Crippen LogP contribution is -2.24. The van der Waals surface area contributed by atoms with Gasteiger partial charge in [-0.3, -0.25) is 4.79 Å². The van der Waals surface area contributed by atoms with E-state index in [-0.39, 0.29) is 11.9 Å². The van der Waals surface area contributed by atoms with Crippen molar-refractivity contribution in [2.24, 2.45) is 0 Å². The van der Waals surface area contributed by atoms with E-state index in [1.807, 2.05) is 43.3 Å². The van der Waals surface area contributed by atoms with Crippen LogP contribution in [-0.4, -0.2) is 34.3 Å². The highest BCUT2D eigenvalue weighted by Gasteiger charge is 2.12. The predicted molar refractivity (Wildman–Crippen MR) is 105 cm³/mol. The Morgan fingerprint density at radius 1 is 0.889 bits per heavy atom. The molecule has 0 saturated carbocycles. The molecule has 0 aliphatic rings. The summed E-state index contributed by atoms with van der Waals surface area (Å²) in [4.78, 5) is 12.3. The number of methoxy groups -OCH3 is 4. The molecule has 2 aromatic carbocycles. The number of rotatable bonds is 8. The van der Waals surface area contributed by atoms with E-state index in [1.165, 1.54) is 6.08 Å². The first kappa shape index (κ1) is 20.2. The maximum Gasteiger partial charge on any atom is 0.244 e. The summed E-state index contributed by atoms with van der Waals surface area (Å²) in [6, 6.07) is 10.8. The van der Waals surface area contributed by atoms with Gasteiger partial charge in [0.05, 0.1) is 40.0 Å². The van der Waals surface area contributed by atoms with Gasteiger partial charge in [0.2, 0.25) is 5.91 Å². The zero-order chi connectivity index (χ0) is 19.8. The lowest BCUT2D eigenvalue weighted by atomic mass is 10.1. The number of benzene rings is 2. The molecule has 6 nitrogen and oxygen atoms in total. The van der Waals surface area contributed by atoms with Crippen molar-refractivity contribution >= 4 is 12.0 Å². The summed E-state index contributed by atoms with van der Waals surface area (Å²) in [5, 5.41) is 2.93. The van der Waals surface area contributed by atoms with Crippen molar-refractivity contribution in [2.45, 2.75) is 13.0 Å². The minimum absolute atomic E-state index is 0.207. The highest BCUT2D eigenvalue weighted by Crippen LogP contribution is 2.31. The number of hydrogen-bond donors (Lipinski definition) is 1. The molecule has 0 saturated heterocycles. The fourth-order valence-corrected chi connectivity index (χ4v) is 2.67. The Balaban J connectivity index is 2.13. The van der Waals surface area contributed by atoms with Crippen LogP contribution in [0.15, 0.2) is 42.5 Å². The van der Waals surface area contributed by atoms with Crippen molar-refractivity contribution in [3.05, 3.63) is 53.6 Å². The van der Waals surface area contributed by atoms with Gasteiger partial charge in [0, 0.05) is 6.08 Å². The molecular weight excluding hydrogens is 346 g/mol. The fraction of sp³-hybridized carbons (Fsp3) is 0.286. The standard InChI is InChI=1S/C21H25NO5/c1-14(15-9-11-19(26-4)20(13-15)27-5)22-21(23)12-10-16-17(24-2)7-6-8-18(16)25-3/h6-14H,1-5H3,(H,22,23)/b12-10+. The highest BCUT2D eigenvalue weighted by atomic mass is 16.5. The zero-order valence-electron chi connectivity index (χ0n) is 16.2. The van der Waals surface area contributed by atoms with Crippen LogP contribution in [0.5, 0.6) is 23.0 Å². The number of carbonyl (C=O) groups is 1. The second kappa shape index (κ2) is 9.52. The van der Waals surface area contributed by atoms with Gasteiger partial charge in [-0.05, 0) is 42.8 Å². The maximum absolute atomic E-state index is 12.3. The molecule has 0 aliphatic heterocycles. The minimum Gasteiger partial charge on any atom is -0.496 e. The molecule has 0 aromatic heterocycles. The Kier molecular flexibility index (Phi) is 7.11. The molecule has 0 spiro atoms. The molecule has 0 fully saturated rings. The van der Waals surface area contributed by atoms with Gasteiger partial charge in [0.15, 0.2) is 11.5 Å². The average Bonchev–Trinajstić information content (AvgIpc) is 2.71. The quantitative estimate of drug-likeness (QED) is 0.718. The smallest absolute Gasteiger partial charge is 0.244 e. The molecule has 1 atom stereocenters. The van der Waals surface area contributed by atoms with Crippen LogP contribution in [0.3, 0.4) is 0 Å². The van der Waals surface area contributed by atoms with Crippen LogP contribution >= 0.6 is 0 Å². The fourth-order valence-electron chi connectivity index (χ4n) is 2.67. The van der Waals surface area contributed by atoms with Gasteiger partial charge in [-0.1, -0.05) is 12.1 Å². The Hall–Kier alpha value is -3.15. The molecule has 2 aromatic rings. The van der Waals surface area contributed by atoms with E-state index < -0.39 is 0 Å². The number of hydrogen-bond acceptors (Lipinski definition) is 5. The predicted octanol–water partition coefficient (Wildman–Crippen LogP) is 3.61. The number of ether oxygens (including phenoxy) is 4. The van der Waals surface area contributed by atoms with Gasteiger partial charge in [0.1, 0.15) is 11.5 Å². The Bertz CT molecular complexity index is 794. The average molecular weight is 371 g/mol. The molecule has 1 N–H and O–H groups in total. The Morgan fingerprint density at radius 2 is 1.48 bits per heavy atom. The summed E-state index contributed by atoms with van der Waals surface area (Å²) >= 11 is 0. The van der Waals surface area contributed by atoms with E-state index in [0.717, 1.165) is 5.56 Å². The van der Waals surface area contributed by atoms with Gasteiger partial charge >= 0.3 is 0 Å². The normalized spacial score (nSPS) is 11.7. The molecule has 0 radical (unpaired) electrons. The Labute approximate surface area is 159 Å². The van der Waals surface area contributed by atoms with Crippen molar-refractivity contribution in [3.63, 3.8) is 0 Å². The lowest BCUT2D eigenvalue weighted by Gasteiger charge is -2.16. The highest BCUT2D eigenvalue weighted by molar-refractivity contribution is 5.92. The van der Waals surface area contributed by atoms with Crippen LogP contribution in [0.1, 0.15) is 24.1 Å². The molecular formula is C21H25NO5. The summed E-state index contributed by atoms with van der Waals surface area (Å²) < 4.78 is 21.2. The van der Waals surface area contributed by atoms with E-state index in [2.05, 4.69) is 5.32 Å². The molecule has 6 heteroatoms. The van der Waals surface area contributed by atoms with Gasteiger partial charge in [0.25, 0.3) is 0 Å². The van der Waals surface area contributed by atoms with Crippen LogP contribution in [0.4, 0.5) is 0 Å². The topological polar surface area (TPSA) is 66.0 Å². The molecule has 1 unspecified atom stereocenters. The van der Waals surface area contributed by atoms with Crippen molar-refractivity contribution in [2.75, 3.05) is 28.4 Å². The van der Waals surface area contributed by atoms with Crippen molar-refractivity contribution in [3.8, 4) is 23.0 Å². The second-order valence-electron chi connectivity index (χ2n) is 5.75. The Morgan fingerprint density at radius 3 is 2.04 bits per heavy atom.